The minimum Gasteiger partial charge on any atom is -0.486 e. The standard InChI is InChI=1S/C19H20BrNO4/c1-13-7-8-16(15(20)9-13)24-12-19(22)21(2)10-14-11-23-17-5-3-4-6-18(17)25-14/h3-9,14H,10-12H2,1-2H3. The van der Waals surface area contributed by atoms with Gasteiger partial charge < -0.3 is 19.1 Å². The average Bonchev–Trinajstić information content (AvgIpc) is 2.60. The molecule has 1 unspecified atom stereocenters. The molecule has 5 nitrogen and oxygen atoms in total. The molecule has 0 bridgehead atoms. The number of carbonyl (C=O) groups excluding carboxylic acids is 1. The molecule has 132 valence electrons. The quantitative estimate of drug-likeness (QED) is 0.764. The SMILES string of the molecule is Cc1ccc(OCC(=O)N(C)CC2COc3ccccc3O2)c(Br)c1. The smallest absolute Gasteiger partial charge is 0.260 e. The molecule has 1 aliphatic heterocycles. The van der Waals surface area contributed by atoms with Crippen molar-refractivity contribution in [3.8, 4) is 17.2 Å². The maximum absolute atomic E-state index is 12.3. The molecule has 0 saturated carbocycles. The van der Waals surface area contributed by atoms with E-state index in [9.17, 15) is 4.79 Å². The fourth-order valence-electron chi connectivity index (χ4n) is 2.53. The number of fused-ring (bicyclic) bond motifs is 1. The minimum atomic E-state index is -0.199. The average molecular weight is 406 g/mol. The predicted molar refractivity (Wildman–Crippen MR) is 98.4 cm³/mol. The second-order valence-electron chi connectivity index (χ2n) is 5.99. The van der Waals surface area contributed by atoms with Crippen LogP contribution in [0.3, 0.4) is 0 Å². The molecule has 1 atom stereocenters. The first kappa shape index (κ1) is 17.6. The van der Waals surface area contributed by atoms with Crippen LogP contribution >= 0.6 is 15.9 Å². The van der Waals surface area contributed by atoms with E-state index in [-0.39, 0.29) is 18.6 Å². The summed E-state index contributed by atoms with van der Waals surface area (Å²) in [7, 11) is 1.74. The van der Waals surface area contributed by atoms with E-state index in [1.807, 2.05) is 49.4 Å². The van der Waals surface area contributed by atoms with Crippen LogP contribution in [0.1, 0.15) is 5.56 Å². The van der Waals surface area contributed by atoms with E-state index in [1.54, 1.807) is 11.9 Å². The van der Waals surface area contributed by atoms with Crippen molar-refractivity contribution >= 4 is 21.8 Å². The molecule has 1 heterocycles. The van der Waals surface area contributed by atoms with Crippen molar-refractivity contribution in [1.29, 1.82) is 0 Å². The number of nitrogens with zero attached hydrogens (tertiary/aromatic N) is 1. The van der Waals surface area contributed by atoms with E-state index >= 15 is 0 Å². The van der Waals surface area contributed by atoms with Crippen molar-refractivity contribution in [2.24, 2.45) is 0 Å². The van der Waals surface area contributed by atoms with Crippen LogP contribution in [0.5, 0.6) is 17.2 Å². The lowest BCUT2D eigenvalue weighted by Gasteiger charge is -2.29. The van der Waals surface area contributed by atoms with Gasteiger partial charge in [0.25, 0.3) is 5.91 Å². The summed E-state index contributed by atoms with van der Waals surface area (Å²) in [5.41, 5.74) is 1.12. The third kappa shape index (κ3) is 4.45. The van der Waals surface area contributed by atoms with Crippen LogP contribution in [0.2, 0.25) is 0 Å². The molecule has 2 aromatic rings. The number of halogens is 1. The molecule has 0 N–H and O–H groups in total. The third-order valence-electron chi connectivity index (χ3n) is 3.91. The summed E-state index contributed by atoms with van der Waals surface area (Å²) >= 11 is 3.44. The largest absolute Gasteiger partial charge is 0.486 e. The summed E-state index contributed by atoms with van der Waals surface area (Å²) < 4.78 is 18.0. The molecule has 25 heavy (non-hydrogen) atoms. The van der Waals surface area contributed by atoms with Crippen LogP contribution in [0.15, 0.2) is 46.9 Å². The zero-order valence-electron chi connectivity index (χ0n) is 14.2. The van der Waals surface area contributed by atoms with Crippen molar-refractivity contribution < 1.29 is 19.0 Å². The molecule has 3 rings (SSSR count). The molecule has 0 saturated heterocycles. The Morgan fingerprint density at radius 1 is 1.28 bits per heavy atom. The summed E-state index contributed by atoms with van der Waals surface area (Å²) in [4.78, 5) is 13.9. The van der Waals surface area contributed by atoms with Crippen molar-refractivity contribution in [1.82, 2.24) is 4.90 Å². The lowest BCUT2D eigenvalue weighted by molar-refractivity contribution is -0.133. The Kier molecular flexibility index (Phi) is 5.48. The van der Waals surface area contributed by atoms with Gasteiger partial charge in [-0.2, -0.15) is 0 Å². The van der Waals surface area contributed by atoms with E-state index < -0.39 is 0 Å². The highest BCUT2D eigenvalue weighted by molar-refractivity contribution is 9.10. The fraction of sp³-hybridized carbons (Fsp3) is 0.316. The van der Waals surface area contributed by atoms with E-state index in [1.165, 1.54) is 0 Å². The summed E-state index contributed by atoms with van der Waals surface area (Å²) in [5.74, 6) is 1.98. The van der Waals surface area contributed by atoms with Gasteiger partial charge in [-0.3, -0.25) is 4.79 Å². The van der Waals surface area contributed by atoms with Crippen molar-refractivity contribution in [3.05, 3.63) is 52.5 Å². The van der Waals surface area contributed by atoms with Gasteiger partial charge in [-0.25, -0.2) is 0 Å². The summed E-state index contributed by atoms with van der Waals surface area (Å²) in [6.45, 7) is 2.82. The Hall–Kier alpha value is -2.21. The van der Waals surface area contributed by atoms with Crippen LogP contribution in [-0.4, -0.2) is 43.7 Å². The molecule has 0 fully saturated rings. The Morgan fingerprint density at radius 3 is 2.80 bits per heavy atom. The number of likely N-dealkylation sites (N-methyl/N-ethyl adjacent to an activating group) is 1. The van der Waals surface area contributed by atoms with Gasteiger partial charge in [0, 0.05) is 7.05 Å². The van der Waals surface area contributed by atoms with Gasteiger partial charge in [0.2, 0.25) is 0 Å². The summed E-state index contributed by atoms with van der Waals surface area (Å²) in [6, 6.07) is 13.3. The minimum absolute atomic E-state index is 0.0255. The number of benzene rings is 2. The number of amides is 1. The first-order valence-electron chi connectivity index (χ1n) is 8.04. The summed E-state index contributed by atoms with van der Waals surface area (Å²) in [6.07, 6.45) is -0.199. The van der Waals surface area contributed by atoms with Crippen molar-refractivity contribution in [2.45, 2.75) is 13.0 Å². The lowest BCUT2D eigenvalue weighted by Crippen LogP contribution is -2.43. The molecular weight excluding hydrogens is 386 g/mol. The number of aryl methyl sites for hydroxylation is 1. The van der Waals surface area contributed by atoms with E-state index in [4.69, 9.17) is 14.2 Å². The van der Waals surface area contributed by atoms with Crippen molar-refractivity contribution in [3.63, 3.8) is 0 Å². The second-order valence-corrected chi connectivity index (χ2v) is 6.85. The van der Waals surface area contributed by atoms with E-state index in [0.29, 0.717) is 24.7 Å². The Balaban J connectivity index is 1.51. The number of hydrogen-bond acceptors (Lipinski definition) is 4. The molecular formula is C19H20BrNO4. The van der Waals surface area contributed by atoms with Crippen molar-refractivity contribution in [2.75, 3.05) is 26.8 Å². The second kappa shape index (κ2) is 7.78. The highest BCUT2D eigenvalue weighted by Gasteiger charge is 2.23. The lowest BCUT2D eigenvalue weighted by atomic mass is 10.2. The molecule has 6 heteroatoms. The maximum atomic E-state index is 12.3. The first-order valence-corrected chi connectivity index (χ1v) is 8.83. The predicted octanol–water partition coefficient (Wildman–Crippen LogP) is 3.43. The number of rotatable bonds is 5. The highest BCUT2D eigenvalue weighted by Crippen LogP contribution is 2.31. The zero-order chi connectivity index (χ0) is 17.8. The fourth-order valence-corrected chi connectivity index (χ4v) is 3.14. The topological polar surface area (TPSA) is 48.0 Å². The maximum Gasteiger partial charge on any atom is 0.260 e. The molecule has 1 amide bonds. The van der Waals surface area contributed by atoms with Gasteiger partial charge >= 0.3 is 0 Å². The number of ether oxygens (including phenoxy) is 3. The molecule has 1 aliphatic rings. The van der Waals surface area contributed by atoms with Gasteiger partial charge in [0.1, 0.15) is 12.4 Å². The normalized spacial score (nSPS) is 15.6. The zero-order valence-corrected chi connectivity index (χ0v) is 15.8. The van der Waals surface area contributed by atoms with Crippen LogP contribution in [-0.2, 0) is 4.79 Å². The summed E-state index contributed by atoms with van der Waals surface area (Å²) in [5, 5.41) is 0. The Bertz CT molecular complexity index is 765. The Morgan fingerprint density at radius 2 is 2.04 bits per heavy atom. The van der Waals surface area contributed by atoms with Crippen LogP contribution in [0.4, 0.5) is 0 Å². The molecule has 0 radical (unpaired) electrons. The monoisotopic (exact) mass is 405 g/mol. The van der Waals surface area contributed by atoms with E-state index in [2.05, 4.69) is 15.9 Å². The van der Waals surface area contributed by atoms with Gasteiger partial charge in [0.05, 0.1) is 11.0 Å². The van der Waals surface area contributed by atoms with Gasteiger partial charge in [0.15, 0.2) is 24.2 Å². The van der Waals surface area contributed by atoms with Gasteiger partial charge in [-0.15, -0.1) is 0 Å². The number of para-hydroxylation sites is 2. The molecule has 2 aromatic carbocycles. The van der Waals surface area contributed by atoms with Crippen LogP contribution in [0, 0.1) is 6.92 Å². The van der Waals surface area contributed by atoms with Gasteiger partial charge in [-0.05, 0) is 52.7 Å². The van der Waals surface area contributed by atoms with Crippen LogP contribution < -0.4 is 14.2 Å². The highest BCUT2D eigenvalue weighted by atomic mass is 79.9. The van der Waals surface area contributed by atoms with Crippen LogP contribution in [0.25, 0.3) is 0 Å². The van der Waals surface area contributed by atoms with Gasteiger partial charge in [-0.1, -0.05) is 18.2 Å². The molecule has 0 aliphatic carbocycles. The Labute approximate surface area is 155 Å². The number of hydrogen-bond donors (Lipinski definition) is 0. The third-order valence-corrected chi connectivity index (χ3v) is 4.53. The number of carbonyl (C=O) groups is 1. The van der Waals surface area contributed by atoms with E-state index in [0.717, 1.165) is 15.8 Å². The first-order chi connectivity index (χ1) is 12.0. The molecule has 0 aromatic heterocycles. The molecule has 0 spiro atoms.